The van der Waals surface area contributed by atoms with E-state index in [0.717, 1.165) is 22.9 Å². The molecule has 0 atom stereocenters. The molecule has 1 aliphatic carbocycles. The van der Waals surface area contributed by atoms with Crippen molar-refractivity contribution in [3.05, 3.63) is 41.0 Å². The fraction of sp³-hybridized carbons (Fsp3) is 0.364. The molecular formula is C11H14Br2FMgN. The third kappa shape index (κ3) is 4.60. The quantitative estimate of drug-likeness (QED) is 0.552. The molecule has 2 N–H and O–H groups in total. The topological polar surface area (TPSA) is 26.0 Å². The summed E-state index contributed by atoms with van der Waals surface area (Å²) in [6, 6.07) is 4.67. The SMILES string of the molecule is NC1(c2ccc(F)cc2Br)CC1.[Br-].[CH2-]C.[Mg+2]. The van der Waals surface area contributed by atoms with E-state index < -0.39 is 0 Å². The summed E-state index contributed by atoms with van der Waals surface area (Å²) in [5, 5.41) is 0. The molecule has 0 unspecified atom stereocenters. The van der Waals surface area contributed by atoms with Crippen molar-refractivity contribution < 1.29 is 21.4 Å². The molecule has 0 heterocycles. The van der Waals surface area contributed by atoms with Crippen molar-refractivity contribution in [3.8, 4) is 0 Å². The average Bonchev–Trinajstić information content (AvgIpc) is 2.87. The van der Waals surface area contributed by atoms with E-state index in [1.54, 1.807) is 13.0 Å². The summed E-state index contributed by atoms with van der Waals surface area (Å²) in [6.45, 7) is 5.00. The van der Waals surface area contributed by atoms with E-state index in [-0.39, 0.29) is 51.4 Å². The van der Waals surface area contributed by atoms with Crippen molar-refractivity contribution in [3.63, 3.8) is 0 Å². The molecule has 0 aliphatic heterocycles. The first-order valence-corrected chi connectivity index (χ1v) is 5.36. The van der Waals surface area contributed by atoms with Crippen LogP contribution in [0.25, 0.3) is 0 Å². The van der Waals surface area contributed by atoms with Gasteiger partial charge in [0.1, 0.15) is 5.82 Å². The van der Waals surface area contributed by atoms with Crippen LogP contribution in [0.1, 0.15) is 25.3 Å². The molecule has 0 bridgehead atoms. The van der Waals surface area contributed by atoms with Crippen LogP contribution in [0.4, 0.5) is 4.39 Å². The molecule has 0 spiro atoms. The van der Waals surface area contributed by atoms with Gasteiger partial charge in [0.15, 0.2) is 0 Å². The predicted octanol–water partition coefficient (Wildman–Crippen LogP) is -0.000410. The van der Waals surface area contributed by atoms with E-state index in [0.29, 0.717) is 0 Å². The van der Waals surface area contributed by atoms with Crippen molar-refractivity contribution >= 4 is 39.0 Å². The molecule has 5 heteroatoms. The second-order valence-electron chi connectivity index (χ2n) is 3.28. The summed E-state index contributed by atoms with van der Waals surface area (Å²) in [5.74, 6) is -0.227. The Morgan fingerprint density at radius 1 is 1.38 bits per heavy atom. The summed E-state index contributed by atoms with van der Waals surface area (Å²) in [5.41, 5.74) is 6.80. The Balaban J connectivity index is 0. The Hall–Kier alpha value is 0.836. The second-order valence-corrected chi connectivity index (χ2v) is 4.13. The van der Waals surface area contributed by atoms with Crippen LogP contribution in [-0.4, -0.2) is 23.1 Å². The van der Waals surface area contributed by atoms with Gasteiger partial charge in [-0.3, -0.25) is 0 Å². The minimum Gasteiger partial charge on any atom is -1.00 e. The van der Waals surface area contributed by atoms with Gasteiger partial charge in [-0.15, -0.1) is 0 Å². The van der Waals surface area contributed by atoms with Crippen LogP contribution in [0.2, 0.25) is 0 Å². The van der Waals surface area contributed by atoms with Gasteiger partial charge in [0.05, 0.1) is 0 Å². The minimum atomic E-state index is -0.227. The first kappa shape index (κ1) is 19.2. The third-order valence-corrected chi connectivity index (χ3v) is 2.91. The third-order valence-electron chi connectivity index (χ3n) is 2.26. The van der Waals surface area contributed by atoms with Crippen LogP contribution < -0.4 is 22.7 Å². The van der Waals surface area contributed by atoms with Crippen LogP contribution >= 0.6 is 15.9 Å². The predicted molar refractivity (Wildman–Crippen MR) is 66.0 cm³/mol. The molecule has 1 fully saturated rings. The summed E-state index contributed by atoms with van der Waals surface area (Å²) in [4.78, 5) is 0. The van der Waals surface area contributed by atoms with Crippen LogP contribution in [0.3, 0.4) is 0 Å². The molecule has 1 nitrogen and oxygen atoms in total. The van der Waals surface area contributed by atoms with E-state index in [2.05, 4.69) is 22.9 Å². The Labute approximate surface area is 131 Å². The number of halogens is 3. The van der Waals surface area contributed by atoms with Crippen molar-refractivity contribution in [2.24, 2.45) is 5.73 Å². The zero-order valence-corrected chi connectivity index (χ0v) is 13.9. The Kier molecular flexibility index (Phi) is 9.63. The molecule has 1 aromatic rings. The molecular weight excluding hydrogens is 349 g/mol. The number of nitrogens with two attached hydrogens (primary N) is 1. The maximum absolute atomic E-state index is 12.7. The molecule has 1 aliphatic rings. The first-order valence-electron chi connectivity index (χ1n) is 4.57. The number of rotatable bonds is 1. The first-order chi connectivity index (χ1) is 6.62. The largest absolute Gasteiger partial charge is 2.00 e. The van der Waals surface area contributed by atoms with Gasteiger partial charge >= 0.3 is 23.1 Å². The summed E-state index contributed by atoms with van der Waals surface area (Å²) in [6.07, 6.45) is 1.99. The van der Waals surface area contributed by atoms with Crippen molar-refractivity contribution in [1.29, 1.82) is 0 Å². The van der Waals surface area contributed by atoms with Gasteiger partial charge in [-0.2, -0.15) is 6.92 Å². The Bertz CT molecular complexity index is 330. The summed E-state index contributed by atoms with van der Waals surface area (Å²) < 4.78 is 13.5. The molecule has 1 aromatic carbocycles. The normalized spacial score (nSPS) is 14.8. The zero-order valence-electron chi connectivity index (χ0n) is 9.27. The van der Waals surface area contributed by atoms with Crippen molar-refractivity contribution in [2.45, 2.75) is 25.3 Å². The van der Waals surface area contributed by atoms with Crippen LogP contribution in [0.5, 0.6) is 0 Å². The van der Waals surface area contributed by atoms with E-state index in [1.807, 2.05) is 0 Å². The molecule has 0 aromatic heterocycles. The van der Waals surface area contributed by atoms with E-state index in [1.165, 1.54) is 12.1 Å². The maximum Gasteiger partial charge on any atom is 2.00 e. The van der Waals surface area contributed by atoms with Gasteiger partial charge in [-0.05, 0) is 30.5 Å². The molecule has 0 radical (unpaired) electrons. The minimum absolute atomic E-state index is 0. The molecule has 86 valence electrons. The number of benzene rings is 1. The fourth-order valence-corrected chi connectivity index (χ4v) is 2.04. The fourth-order valence-electron chi connectivity index (χ4n) is 1.30. The summed E-state index contributed by atoms with van der Waals surface area (Å²) in [7, 11) is 0. The number of hydrogen-bond acceptors (Lipinski definition) is 1. The second kappa shape index (κ2) is 8.03. The van der Waals surface area contributed by atoms with Crippen LogP contribution in [-0.2, 0) is 5.54 Å². The molecule has 1 saturated carbocycles. The maximum atomic E-state index is 12.7. The van der Waals surface area contributed by atoms with Crippen LogP contribution in [0.15, 0.2) is 22.7 Å². The van der Waals surface area contributed by atoms with Gasteiger partial charge in [0.2, 0.25) is 0 Å². The van der Waals surface area contributed by atoms with Gasteiger partial charge in [0, 0.05) is 10.0 Å². The van der Waals surface area contributed by atoms with Gasteiger partial charge < -0.3 is 29.6 Å². The summed E-state index contributed by atoms with van der Waals surface area (Å²) >= 11 is 3.30. The zero-order chi connectivity index (χ0) is 10.8. The van der Waals surface area contributed by atoms with E-state index in [9.17, 15) is 4.39 Å². The average molecular weight is 363 g/mol. The molecule has 16 heavy (non-hydrogen) atoms. The van der Waals surface area contributed by atoms with E-state index in [4.69, 9.17) is 5.73 Å². The number of hydrogen-bond donors (Lipinski definition) is 1. The van der Waals surface area contributed by atoms with Gasteiger partial charge in [-0.1, -0.05) is 22.0 Å². The molecule has 0 amide bonds. The van der Waals surface area contributed by atoms with Crippen LogP contribution in [0, 0.1) is 12.7 Å². The van der Waals surface area contributed by atoms with Crippen molar-refractivity contribution in [2.75, 3.05) is 0 Å². The smallest absolute Gasteiger partial charge is 1.00 e. The van der Waals surface area contributed by atoms with Crippen molar-refractivity contribution in [1.82, 2.24) is 0 Å². The molecule has 0 saturated heterocycles. The Morgan fingerprint density at radius 2 is 1.88 bits per heavy atom. The standard InChI is InChI=1S/C9H9BrFN.C2H5.BrH.Mg/c10-8-5-6(11)1-2-7(8)9(12)3-4-9;1-2;;/h1-2,5H,3-4,12H2;1H2,2H3;1H;/q;-1;;+2/p-1. The monoisotopic (exact) mass is 361 g/mol. The van der Waals surface area contributed by atoms with Gasteiger partial charge in [-0.25, -0.2) is 4.39 Å². The molecule has 2 rings (SSSR count). The Morgan fingerprint density at radius 3 is 2.25 bits per heavy atom. The van der Waals surface area contributed by atoms with Gasteiger partial charge in [0.25, 0.3) is 0 Å². The van der Waals surface area contributed by atoms with E-state index >= 15 is 0 Å².